The first-order valence-electron chi connectivity index (χ1n) is 7.22. The fourth-order valence-corrected chi connectivity index (χ4v) is 2.10. The number of aromatic nitrogens is 2. The Morgan fingerprint density at radius 1 is 1.42 bits per heavy atom. The van der Waals surface area contributed by atoms with Crippen LogP contribution in [0.4, 0.5) is 0 Å². The predicted octanol–water partition coefficient (Wildman–Crippen LogP) is 2.28. The summed E-state index contributed by atoms with van der Waals surface area (Å²) < 4.78 is 5.54. The van der Waals surface area contributed by atoms with Gasteiger partial charge in [0, 0.05) is 5.69 Å². The van der Waals surface area contributed by atoms with Gasteiger partial charge in [0.2, 0.25) is 0 Å². The van der Waals surface area contributed by atoms with Gasteiger partial charge in [-0.15, -0.1) is 0 Å². The zero-order chi connectivity index (χ0) is 17.7. The highest BCUT2D eigenvalue weighted by Crippen LogP contribution is 2.25. The van der Waals surface area contributed by atoms with Gasteiger partial charge in [-0.2, -0.15) is 10.1 Å². The van der Waals surface area contributed by atoms with E-state index in [9.17, 15) is 9.59 Å². The lowest BCUT2D eigenvalue weighted by Gasteiger charge is -2.11. The van der Waals surface area contributed by atoms with Crippen molar-refractivity contribution in [2.24, 2.45) is 5.10 Å². The molecule has 0 atom stereocenters. The van der Waals surface area contributed by atoms with Gasteiger partial charge in [-0.3, -0.25) is 4.79 Å². The van der Waals surface area contributed by atoms with Crippen LogP contribution in [-0.2, 0) is 0 Å². The summed E-state index contributed by atoms with van der Waals surface area (Å²) >= 11 is 6.12. The molecule has 0 bridgehead atoms. The average Bonchev–Trinajstić information content (AvgIpc) is 2.48. The molecule has 0 saturated heterocycles. The first-order chi connectivity index (χ1) is 11.3. The van der Waals surface area contributed by atoms with Gasteiger partial charge in [0.05, 0.1) is 17.3 Å². The number of aromatic amines is 1. The van der Waals surface area contributed by atoms with Crippen molar-refractivity contribution in [3.05, 3.63) is 56.7 Å². The molecule has 2 rings (SSSR count). The van der Waals surface area contributed by atoms with E-state index in [1.54, 1.807) is 25.1 Å². The van der Waals surface area contributed by atoms with Crippen molar-refractivity contribution in [2.75, 3.05) is 0 Å². The van der Waals surface area contributed by atoms with E-state index in [1.807, 2.05) is 13.8 Å². The third-order valence-electron chi connectivity index (χ3n) is 2.81. The van der Waals surface area contributed by atoms with Crippen molar-refractivity contribution in [2.45, 2.75) is 26.9 Å². The van der Waals surface area contributed by atoms with Crippen molar-refractivity contribution in [3.63, 3.8) is 0 Å². The highest BCUT2D eigenvalue weighted by atomic mass is 35.5. The molecular weight excluding hydrogens is 332 g/mol. The third-order valence-corrected chi connectivity index (χ3v) is 3.11. The fourth-order valence-electron chi connectivity index (χ4n) is 1.87. The predicted molar refractivity (Wildman–Crippen MR) is 91.9 cm³/mol. The molecule has 1 heterocycles. The Kier molecular flexibility index (Phi) is 5.70. The van der Waals surface area contributed by atoms with Gasteiger partial charge in [0.25, 0.3) is 5.91 Å². The lowest BCUT2D eigenvalue weighted by atomic mass is 10.2. The van der Waals surface area contributed by atoms with Crippen LogP contribution in [0.2, 0.25) is 5.02 Å². The molecule has 0 aliphatic heterocycles. The quantitative estimate of drug-likeness (QED) is 0.640. The van der Waals surface area contributed by atoms with Crippen LogP contribution in [0.25, 0.3) is 0 Å². The van der Waals surface area contributed by atoms with Crippen molar-refractivity contribution >= 4 is 23.7 Å². The summed E-state index contributed by atoms with van der Waals surface area (Å²) in [6.07, 6.45) is 1.45. The van der Waals surface area contributed by atoms with Crippen molar-refractivity contribution in [1.82, 2.24) is 15.4 Å². The molecule has 2 aromatic rings. The number of benzene rings is 1. The molecule has 0 radical (unpaired) electrons. The number of nitrogens with zero attached hydrogens (tertiary/aromatic N) is 2. The molecule has 0 aliphatic carbocycles. The monoisotopic (exact) mass is 348 g/mol. The Hall–Kier alpha value is -2.67. The minimum absolute atomic E-state index is 0.00730. The molecule has 24 heavy (non-hydrogen) atoms. The first kappa shape index (κ1) is 17.7. The SMILES string of the molecule is Cc1cc(C(=O)N/N=C/c2ccc(OC(C)C)c(Cl)c2)nc(=O)[nH]1. The van der Waals surface area contributed by atoms with Gasteiger partial charge in [-0.1, -0.05) is 11.6 Å². The number of amides is 1. The number of hydrogen-bond donors (Lipinski definition) is 2. The fraction of sp³-hybridized carbons (Fsp3) is 0.250. The number of carbonyl (C=O) groups is 1. The van der Waals surface area contributed by atoms with E-state index in [4.69, 9.17) is 16.3 Å². The number of hydrogen-bond acceptors (Lipinski definition) is 5. The van der Waals surface area contributed by atoms with Gasteiger partial charge < -0.3 is 9.72 Å². The van der Waals surface area contributed by atoms with Gasteiger partial charge in [0.1, 0.15) is 11.4 Å². The second-order valence-electron chi connectivity index (χ2n) is 5.31. The topological polar surface area (TPSA) is 96.4 Å². The van der Waals surface area contributed by atoms with Crippen LogP contribution in [0, 0.1) is 6.92 Å². The molecule has 126 valence electrons. The largest absolute Gasteiger partial charge is 0.489 e. The number of aryl methyl sites for hydroxylation is 1. The second-order valence-corrected chi connectivity index (χ2v) is 5.72. The number of halogens is 1. The van der Waals surface area contributed by atoms with E-state index in [-0.39, 0.29) is 11.8 Å². The van der Waals surface area contributed by atoms with Crippen LogP contribution < -0.4 is 15.9 Å². The molecule has 7 nitrogen and oxygen atoms in total. The Morgan fingerprint density at radius 2 is 2.17 bits per heavy atom. The van der Waals surface area contributed by atoms with Crippen LogP contribution in [0.1, 0.15) is 35.6 Å². The van der Waals surface area contributed by atoms with Crippen LogP contribution in [-0.4, -0.2) is 28.2 Å². The molecule has 0 spiro atoms. The smallest absolute Gasteiger partial charge is 0.345 e. The molecular formula is C16H17ClN4O3. The third kappa shape index (κ3) is 4.92. The normalized spacial score (nSPS) is 11.0. The number of rotatable bonds is 5. The summed E-state index contributed by atoms with van der Waals surface area (Å²) in [6, 6.07) is 6.62. The summed E-state index contributed by atoms with van der Waals surface area (Å²) in [5.74, 6) is 0.00217. The Balaban J connectivity index is 2.04. The minimum Gasteiger partial charge on any atom is -0.489 e. The van der Waals surface area contributed by atoms with E-state index < -0.39 is 11.6 Å². The van der Waals surface area contributed by atoms with Crippen molar-refractivity contribution in [1.29, 1.82) is 0 Å². The molecule has 0 saturated carbocycles. The van der Waals surface area contributed by atoms with E-state index >= 15 is 0 Å². The Bertz CT molecular complexity index is 830. The number of H-pyrrole nitrogens is 1. The van der Waals surface area contributed by atoms with Crippen LogP contribution in [0.15, 0.2) is 34.2 Å². The Morgan fingerprint density at radius 3 is 2.79 bits per heavy atom. The molecule has 1 aromatic heterocycles. The van der Waals surface area contributed by atoms with Gasteiger partial charge in [-0.25, -0.2) is 10.2 Å². The van der Waals surface area contributed by atoms with Gasteiger partial charge >= 0.3 is 5.69 Å². The Labute approximate surface area is 143 Å². The standard InChI is InChI=1S/C16H17ClN4O3/c1-9(2)24-14-5-4-11(7-12(14)17)8-18-21-15(22)13-6-10(3)19-16(23)20-13/h4-9H,1-3H3,(H,21,22)(H,19,20,23)/b18-8+. The van der Waals surface area contributed by atoms with E-state index in [0.717, 1.165) is 0 Å². The maximum Gasteiger partial charge on any atom is 0.345 e. The number of hydrazone groups is 1. The van der Waals surface area contributed by atoms with Crippen molar-refractivity contribution in [3.8, 4) is 5.75 Å². The summed E-state index contributed by atoms with van der Waals surface area (Å²) in [5.41, 5.74) is 2.94. The first-order valence-corrected chi connectivity index (χ1v) is 7.60. The summed E-state index contributed by atoms with van der Waals surface area (Å²) in [5, 5.41) is 4.28. The summed E-state index contributed by atoms with van der Waals surface area (Å²) in [4.78, 5) is 29.2. The van der Waals surface area contributed by atoms with E-state index in [2.05, 4.69) is 20.5 Å². The molecule has 2 N–H and O–H groups in total. The van der Waals surface area contributed by atoms with Gasteiger partial charge in [0.15, 0.2) is 0 Å². The zero-order valence-corrected chi connectivity index (χ0v) is 14.2. The molecule has 0 unspecified atom stereocenters. The van der Waals surface area contributed by atoms with E-state index in [1.165, 1.54) is 12.3 Å². The van der Waals surface area contributed by atoms with E-state index in [0.29, 0.717) is 22.0 Å². The summed E-state index contributed by atoms with van der Waals surface area (Å²) in [7, 11) is 0. The highest BCUT2D eigenvalue weighted by Gasteiger charge is 2.08. The maximum absolute atomic E-state index is 11.9. The second kappa shape index (κ2) is 7.74. The lowest BCUT2D eigenvalue weighted by molar-refractivity contribution is 0.0949. The number of nitrogens with one attached hydrogen (secondary N) is 2. The molecule has 1 amide bonds. The van der Waals surface area contributed by atoms with Crippen molar-refractivity contribution < 1.29 is 9.53 Å². The zero-order valence-electron chi connectivity index (χ0n) is 13.5. The molecule has 0 aliphatic rings. The number of ether oxygens (including phenoxy) is 1. The maximum atomic E-state index is 11.9. The lowest BCUT2D eigenvalue weighted by Crippen LogP contribution is -2.24. The van der Waals surface area contributed by atoms with Crippen LogP contribution in [0.5, 0.6) is 5.75 Å². The number of carbonyl (C=O) groups excluding carboxylic acids is 1. The minimum atomic E-state index is -0.586. The summed E-state index contributed by atoms with van der Waals surface area (Å²) in [6.45, 7) is 5.48. The molecule has 8 heteroatoms. The molecule has 1 aromatic carbocycles. The van der Waals surface area contributed by atoms with Crippen LogP contribution >= 0.6 is 11.6 Å². The average molecular weight is 349 g/mol. The van der Waals surface area contributed by atoms with Crippen LogP contribution in [0.3, 0.4) is 0 Å². The van der Waals surface area contributed by atoms with Gasteiger partial charge in [-0.05, 0) is 50.6 Å². The highest BCUT2D eigenvalue weighted by molar-refractivity contribution is 6.32. The molecule has 0 fully saturated rings.